The van der Waals surface area contributed by atoms with Crippen molar-refractivity contribution in [3.05, 3.63) is 6.10 Å². The maximum absolute atomic E-state index is 5.29. The number of hydrogen-bond acceptors (Lipinski definition) is 1. The maximum Gasteiger partial charge on any atom is 0.0993 e. The second kappa shape index (κ2) is 7.37. The zero-order chi connectivity index (χ0) is 9.36. The normalized spacial score (nSPS) is 17.3. The molecule has 0 aromatic carbocycles. The van der Waals surface area contributed by atoms with Gasteiger partial charge in [-0.1, -0.05) is 51.9 Å². The summed E-state index contributed by atoms with van der Waals surface area (Å²) in [6.45, 7) is 3.25. The monoisotopic (exact) mass is 183 g/mol. The molecule has 0 saturated carbocycles. The molecule has 0 aromatic rings. The van der Waals surface area contributed by atoms with Crippen LogP contribution < -0.4 is 0 Å². The van der Waals surface area contributed by atoms with E-state index in [0.29, 0.717) is 0 Å². The Balaban J connectivity index is 1.68. The maximum atomic E-state index is 5.29. The Morgan fingerprint density at radius 1 is 1.00 bits per heavy atom. The first kappa shape index (κ1) is 11.0. The lowest BCUT2D eigenvalue weighted by Gasteiger charge is -2.24. The lowest BCUT2D eigenvalue weighted by molar-refractivity contribution is 0.0337. The molecule has 1 saturated heterocycles. The average molecular weight is 183 g/mol. The van der Waals surface area contributed by atoms with Gasteiger partial charge in [-0.15, -0.1) is 0 Å². The van der Waals surface area contributed by atoms with Gasteiger partial charge in [0.15, 0.2) is 0 Å². The van der Waals surface area contributed by atoms with Crippen molar-refractivity contribution in [2.24, 2.45) is 0 Å². The van der Waals surface area contributed by atoms with Gasteiger partial charge in [0.1, 0.15) is 0 Å². The fraction of sp³-hybridized carbons (Fsp3) is 0.917. The fourth-order valence-corrected chi connectivity index (χ4v) is 1.72. The molecule has 1 nitrogen and oxygen atoms in total. The second-order valence-electron chi connectivity index (χ2n) is 4.01. The Bertz CT molecular complexity index is 108. The van der Waals surface area contributed by atoms with Crippen LogP contribution in [-0.2, 0) is 4.74 Å². The number of unbranched alkanes of at least 4 members (excludes halogenated alkanes) is 6. The van der Waals surface area contributed by atoms with Crippen molar-refractivity contribution in [2.75, 3.05) is 6.61 Å². The minimum absolute atomic E-state index is 0.978. The number of ether oxygens (including phenoxy) is 1. The third-order valence-corrected chi connectivity index (χ3v) is 2.75. The van der Waals surface area contributed by atoms with Crippen LogP contribution in [0, 0.1) is 6.10 Å². The Morgan fingerprint density at radius 2 is 1.62 bits per heavy atom. The molecule has 13 heavy (non-hydrogen) atoms. The van der Waals surface area contributed by atoms with Gasteiger partial charge in [-0.2, -0.15) is 0 Å². The lowest BCUT2D eigenvalue weighted by Crippen LogP contribution is -2.17. The zero-order valence-corrected chi connectivity index (χ0v) is 8.98. The van der Waals surface area contributed by atoms with Gasteiger partial charge in [0.25, 0.3) is 0 Å². The van der Waals surface area contributed by atoms with Crippen molar-refractivity contribution in [1.29, 1.82) is 0 Å². The van der Waals surface area contributed by atoms with Crippen LogP contribution in [0.3, 0.4) is 0 Å². The van der Waals surface area contributed by atoms with Crippen LogP contribution in [-0.4, -0.2) is 6.61 Å². The van der Waals surface area contributed by atoms with E-state index in [-0.39, 0.29) is 0 Å². The van der Waals surface area contributed by atoms with Crippen LogP contribution in [0.5, 0.6) is 0 Å². The van der Waals surface area contributed by atoms with Crippen LogP contribution >= 0.6 is 0 Å². The summed E-state index contributed by atoms with van der Waals surface area (Å²) in [6, 6.07) is 0. The number of rotatable bonds is 8. The van der Waals surface area contributed by atoms with Crippen LogP contribution in [0.25, 0.3) is 0 Å². The van der Waals surface area contributed by atoms with E-state index < -0.39 is 0 Å². The van der Waals surface area contributed by atoms with Gasteiger partial charge in [-0.3, -0.25) is 0 Å². The van der Waals surface area contributed by atoms with Crippen molar-refractivity contribution in [3.8, 4) is 0 Å². The molecular weight excluding hydrogens is 160 g/mol. The first-order valence-electron chi connectivity index (χ1n) is 5.91. The topological polar surface area (TPSA) is 9.23 Å². The van der Waals surface area contributed by atoms with Gasteiger partial charge in [0.05, 0.1) is 12.7 Å². The Labute approximate surface area is 82.9 Å². The van der Waals surface area contributed by atoms with E-state index in [1.807, 2.05) is 0 Å². The second-order valence-corrected chi connectivity index (χ2v) is 4.01. The van der Waals surface area contributed by atoms with E-state index >= 15 is 0 Å². The minimum Gasteiger partial charge on any atom is -0.372 e. The van der Waals surface area contributed by atoms with Gasteiger partial charge < -0.3 is 4.74 Å². The smallest absolute Gasteiger partial charge is 0.0993 e. The highest BCUT2D eigenvalue weighted by molar-refractivity contribution is 4.85. The highest BCUT2D eigenvalue weighted by atomic mass is 16.5. The van der Waals surface area contributed by atoms with E-state index in [9.17, 15) is 0 Å². The molecule has 0 bridgehead atoms. The summed E-state index contributed by atoms with van der Waals surface area (Å²) in [5.74, 6) is 0. The van der Waals surface area contributed by atoms with Gasteiger partial charge in [0, 0.05) is 6.42 Å². The Kier molecular flexibility index (Phi) is 6.26. The van der Waals surface area contributed by atoms with E-state index in [1.54, 1.807) is 0 Å². The third kappa shape index (κ3) is 5.30. The molecule has 1 aliphatic rings. The van der Waals surface area contributed by atoms with Crippen molar-refractivity contribution in [2.45, 2.75) is 64.7 Å². The zero-order valence-electron chi connectivity index (χ0n) is 8.98. The largest absolute Gasteiger partial charge is 0.372 e. The molecule has 1 rings (SSSR count). The molecule has 0 aromatic heterocycles. The van der Waals surface area contributed by atoms with E-state index in [0.717, 1.165) is 6.61 Å². The molecule has 0 aliphatic carbocycles. The summed E-state index contributed by atoms with van der Waals surface area (Å²) in [4.78, 5) is 0. The summed E-state index contributed by atoms with van der Waals surface area (Å²) >= 11 is 0. The molecule has 1 heterocycles. The quantitative estimate of drug-likeness (QED) is 0.515. The molecule has 0 amide bonds. The molecule has 77 valence electrons. The third-order valence-electron chi connectivity index (χ3n) is 2.75. The van der Waals surface area contributed by atoms with Gasteiger partial charge >= 0.3 is 0 Å². The van der Waals surface area contributed by atoms with E-state index in [1.165, 1.54) is 63.9 Å². The molecule has 1 aliphatic heterocycles. The highest BCUT2D eigenvalue weighted by Crippen LogP contribution is 2.25. The molecule has 0 unspecified atom stereocenters. The molecule has 1 radical (unpaired) electrons. The van der Waals surface area contributed by atoms with Crippen molar-refractivity contribution in [1.82, 2.24) is 0 Å². The summed E-state index contributed by atoms with van der Waals surface area (Å²) < 4.78 is 5.29. The van der Waals surface area contributed by atoms with Crippen LogP contribution in [0.15, 0.2) is 0 Å². The average Bonchev–Trinajstić information content (AvgIpc) is 2.07. The van der Waals surface area contributed by atoms with Crippen LogP contribution in [0.2, 0.25) is 0 Å². The lowest BCUT2D eigenvalue weighted by atomic mass is 10.0. The van der Waals surface area contributed by atoms with E-state index in [2.05, 4.69) is 6.92 Å². The van der Waals surface area contributed by atoms with Crippen molar-refractivity contribution >= 4 is 0 Å². The van der Waals surface area contributed by atoms with Crippen molar-refractivity contribution in [3.63, 3.8) is 0 Å². The minimum atomic E-state index is 0.978. The molecule has 0 spiro atoms. The number of hydrogen-bond donors (Lipinski definition) is 0. The summed E-state index contributed by atoms with van der Waals surface area (Å²) in [5, 5.41) is 0. The van der Waals surface area contributed by atoms with Crippen LogP contribution in [0.4, 0.5) is 0 Å². The summed E-state index contributed by atoms with van der Waals surface area (Å²) in [6.07, 6.45) is 13.6. The van der Waals surface area contributed by atoms with Gasteiger partial charge in [-0.25, -0.2) is 0 Å². The molecular formula is C12H23O. The summed E-state index contributed by atoms with van der Waals surface area (Å²) in [5.41, 5.74) is 0. The first-order valence-corrected chi connectivity index (χ1v) is 5.91. The molecule has 0 N–H and O–H groups in total. The molecule has 1 fully saturated rings. The van der Waals surface area contributed by atoms with Crippen LogP contribution in [0.1, 0.15) is 64.7 Å². The first-order chi connectivity index (χ1) is 6.43. The predicted octanol–water partition coefficient (Wildman–Crippen LogP) is 4.08. The molecule has 0 atom stereocenters. The highest BCUT2D eigenvalue weighted by Gasteiger charge is 2.17. The van der Waals surface area contributed by atoms with E-state index in [4.69, 9.17) is 4.74 Å². The standard InChI is InChI=1S/C12H23O/c1-2-3-4-5-6-7-8-9-12-10-11-13-12/h2-11H2,1H3. The van der Waals surface area contributed by atoms with Gasteiger partial charge in [-0.05, 0) is 6.42 Å². The predicted molar refractivity (Wildman–Crippen MR) is 56.4 cm³/mol. The Morgan fingerprint density at radius 3 is 2.15 bits per heavy atom. The fourth-order valence-electron chi connectivity index (χ4n) is 1.72. The SMILES string of the molecule is CCCCCCCCC[C]1CCO1. The summed E-state index contributed by atoms with van der Waals surface area (Å²) in [7, 11) is 0. The molecule has 1 heteroatoms. The van der Waals surface area contributed by atoms with Crippen molar-refractivity contribution < 1.29 is 4.74 Å². The van der Waals surface area contributed by atoms with Gasteiger partial charge in [0.2, 0.25) is 0 Å². The Hall–Kier alpha value is -0.0400.